The fourth-order valence-electron chi connectivity index (χ4n) is 18.7. The van der Waals surface area contributed by atoms with Gasteiger partial charge in [0.05, 0.1) is 60.2 Å². The van der Waals surface area contributed by atoms with E-state index in [0.29, 0.717) is 37.0 Å². The minimum atomic E-state index is -2.44. The monoisotopic (exact) mass is 1840 g/mol. The van der Waals surface area contributed by atoms with Crippen LogP contribution in [-0.4, -0.2) is 211 Å². The number of fused-ring (bicyclic) bond motifs is 15. The Morgan fingerprint density at radius 3 is 1.90 bits per heavy atom. The molecule has 4 saturated carbocycles. The van der Waals surface area contributed by atoms with Gasteiger partial charge < -0.3 is 137 Å². The summed E-state index contributed by atoms with van der Waals surface area (Å²) in [5.41, 5.74) is 2.90. The number of carbonyl (C=O) groups excluding carboxylic acids is 9. The highest BCUT2D eigenvalue weighted by atomic mass is 35.5. The number of phenolic OH excluding ortho intramolecular Hbond substituents is 3. The standard InChI is InChI=1S/C91H111Cl2N11O26/c1-8-10-20-123-50-15-19-62(124-21-11-9-2)55(35-50)97-90(122)98-66(109)36-57-83(116)100-71-48-31-63(126-60-17-13-44(29-53(60)92)75(110)73(87(120)96-57)103-82(115)56(95-7)22-39(3)4)79(130-89-80(78(113)77(112)65(38-105)128-89)129-67-37-91(6,94)81(114)40(5)125-67)64(32-48)127-61-18-14-45(30-54(61)93)76(111)74-88(121)102-72(86(119)99-69-46-24-41-23-42(26-46)27-47(69)25-41)52-33-49(106)34-59(108)68(52)51-28-43(12-16-58(51)107)70(84(117)104-74)101-85(71)118/h12-19,28-35,39-42,46-47,56-57,65,67,69-78,80-81,89,95,105-108,110-114H,8-11,20-27,36-38,94H2,1-7H3,(H,96,120)(H,99,119)(H,100,116)(H,101,118)(H,102,121)(H,103,115)(H,104,117)(H2,97,98,109,122)/t40-,41?,42?,46?,47?,56+,57-,65+,67-,69?,70+,71+,72-,73+,74-,75+,76+,77+,78-,80+,81+,89-,91-/m0/s1. The van der Waals surface area contributed by atoms with Crippen molar-refractivity contribution in [1.29, 1.82) is 0 Å². The summed E-state index contributed by atoms with van der Waals surface area (Å²) in [6.45, 7) is 10.1. The molecule has 700 valence electrons. The van der Waals surface area contributed by atoms with Gasteiger partial charge in [-0.3, -0.25) is 43.7 Å². The second-order valence-corrected chi connectivity index (χ2v) is 36.3. The number of amides is 10. The van der Waals surface area contributed by atoms with Gasteiger partial charge in [0.25, 0.3) is 0 Å². The molecule has 0 unspecified atom stereocenters. The van der Waals surface area contributed by atoms with Crippen molar-refractivity contribution in [3.63, 3.8) is 0 Å². The van der Waals surface area contributed by atoms with Crippen LogP contribution >= 0.6 is 23.2 Å². The number of phenols is 3. The Bertz CT molecular complexity index is 5230. The summed E-state index contributed by atoms with van der Waals surface area (Å²) in [6, 6.07) is 3.09. The minimum Gasteiger partial charge on any atom is -0.508 e. The van der Waals surface area contributed by atoms with Gasteiger partial charge >= 0.3 is 6.03 Å². The predicted octanol–water partition coefficient (Wildman–Crippen LogP) is 6.18. The molecule has 0 radical (unpaired) electrons. The van der Waals surface area contributed by atoms with Crippen LogP contribution in [0.3, 0.4) is 0 Å². The third-order valence-corrected chi connectivity index (χ3v) is 25.9. The Hall–Kier alpha value is -10.9. The van der Waals surface area contributed by atoms with Crippen LogP contribution in [0.2, 0.25) is 10.0 Å². The fourth-order valence-corrected chi connectivity index (χ4v) is 19.2. The molecule has 6 fully saturated rings. The number of aliphatic hydroxyl groups is 6. The number of ether oxygens (including phenoxy) is 8. The molecule has 10 amide bonds. The number of aromatic hydroxyl groups is 3. The maximum atomic E-state index is 16.8. The van der Waals surface area contributed by atoms with Crippen molar-refractivity contribution >= 4 is 82.2 Å². The molecule has 17 rings (SSSR count). The van der Waals surface area contributed by atoms with Gasteiger partial charge in [-0.1, -0.05) is 81.9 Å². The van der Waals surface area contributed by atoms with Crippen LogP contribution in [0.4, 0.5) is 10.5 Å². The Morgan fingerprint density at radius 2 is 1.28 bits per heavy atom. The summed E-state index contributed by atoms with van der Waals surface area (Å²) in [7, 11) is 1.47. The summed E-state index contributed by atoms with van der Waals surface area (Å²) >= 11 is 14.6. The smallest absolute Gasteiger partial charge is 0.325 e. The number of imide groups is 1. The van der Waals surface area contributed by atoms with Crippen LogP contribution in [0, 0.1) is 29.6 Å². The third-order valence-electron chi connectivity index (χ3n) is 25.3. The number of nitrogens with two attached hydrogens (primary N) is 1. The van der Waals surface area contributed by atoms with Crippen molar-refractivity contribution in [2.24, 2.45) is 35.3 Å². The molecule has 39 heteroatoms. The first kappa shape index (κ1) is 95.2. The number of benzene rings is 6. The van der Waals surface area contributed by atoms with Gasteiger partial charge in [0.15, 0.2) is 23.9 Å². The number of hydrogen-bond acceptors (Lipinski definition) is 28. The minimum absolute atomic E-state index is 0.0322. The van der Waals surface area contributed by atoms with E-state index in [9.17, 15) is 60.3 Å². The molecule has 0 aromatic heterocycles. The van der Waals surface area contributed by atoms with E-state index >= 15 is 28.8 Å². The Morgan fingerprint density at radius 1 is 0.654 bits per heavy atom. The Balaban J connectivity index is 0.957. The van der Waals surface area contributed by atoms with Crippen molar-refractivity contribution in [2.45, 2.75) is 234 Å². The van der Waals surface area contributed by atoms with E-state index in [4.69, 9.17) is 66.8 Å². The van der Waals surface area contributed by atoms with Crippen LogP contribution in [-0.2, 0) is 52.6 Å². The van der Waals surface area contributed by atoms with Crippen molar-refractivity contribution in [3.8, 4) is 68.6 Å². The molecule has 7 aliphatic heterocycles. The molecule has 4 aliphatic carbocycles. The van der Waals surface area contributed by atoms with Gasteiger partial charge in [-0.15, -0.1) is 0 Å². The average Bonchev–Trinajstić information content (AvgIpc) is 0.749. The molecule has 6 aromatic rings. The SMILES string of the molecule is CCCCOc1ccc(OCCCC)c(NC(=O)NC(=O)C[C@@H]2NC(=O)[C@H](NC(=O)[C@@H](CC(C)C)NC)[C@H](O)c3ccc(c(Cl)c3)Oc3cc4cc(c3O[C@@H]3O[C@H](CO)[C@@H](O)[C@H](O)[C@H]3O[C@H]3C[C@](C)(N)[C@H](O)[C@H](C)O3)Oc3ccc(cc3Cl)[C@@H](O)[C@@H]3NC(=O)[C@H](NC(=O)[C@@H]4NC2=O)c2ccc(O)c(c2)-c2c(O)cc(O)cc2[C@@H](C(=O)NC2C4CC5CC(C4)CC2C5)NC3=O)c1. The van der Waals surface area contributed by atoms with E-state index in [-0.39, 0.29) is 92.8 Å². The van der Waals surface area contributed by atoms with Gasteiger partial charge in [-0.05, 0) is 196 Å². The fraction of sp³-hybridized carbons (Fsp3) is 0.505. The molecule has 15 bridgehead atoms. The second-order valence-electron chi connectivity index (χ2n) is 35.4. The van der Waals surface area contributed by atoms with E-state index in [1.54, 1.807) is 12.1 Å². The quantitative estimate of drug-likeness (QED) is 0.0318. The van der Waals surface area contributed by atoms with Crippen LogP contribution in [0.1, 0.15) is 177 Å². The lowest BCUT2D eigenvalue weighted by Gasteiger charge is -2.54. The topological polar surface area (TPSA) is 556 Å². The maximum absolute atomic E-state index is 16.8. The highest BCUT2D eigenvalue weighted by molar-refractivity contribution is 6.32. The highest BCUT2D eigenvalue weighted by Gasteiger charge is 2.53. The molecule has 7 heterocycles. The number of hydrogen-bond donors (Lipinski definition) is 20. The number of aliphatic hydroxyl groups excluding tert-OH is 6. The van der Waals surface area contributed by atoms with Crippen LogP contribution in [0.25, 0.3) is 11.1 Å². The maximum Gasteiger partial charge on any atom is 0.325 e. The zero-order valence-corrected chi connectivity index (χ0v) is 73.9. The van der Waals surface area contributed by atoms with Crippen molar-refractivity contribution in [3.05, 3.63) is 135 Å². The number of halogens is 2. The molecule has 21 N–H and O–H groups in total. The first-order valence-electron chi connectivity index (χ1n) is 43.7. The molecular weight excluding hydrogens is 1730 g/mol. The summed E-state index contributed by atoms with van der Waals surface area (Å²) in [5, 5.41) is 133. The highest BCUT2D eigenvalue weighted by Crippen LogP contribution is 2.55. The number of likely N-dealkylation sites (N-methyl/N-ethyl adjacent to an activating group) is 1. The largest absolute Gasteiger partial charge is 0.508 e. The van der Waals surface area contributed by atoms with Crippen LogP contribution in [0.15, 0.2) is 97.1 Å². The van der Waals surface area contributed by atoms with Crippen LogP contribution in [0.5, 0.6) is 57.5 Å². The van der Waals surface area contributed by atoms with Crippen molar-refractivity contribution < 1.29 is 127 Å². The molecule has 18 atom stereocenters. The lowest BCUT2D eigenvalue weighted by atomic mass is 9.54. The number of unbranched alkanes of at least 4 members (excludes halogenated alkanes) is 2. The third kappa shape index (κ3) is 21.0. The molecule has 0 spiro atoms. The van der Waals surface area contributed by atoms with E-state index in [0.717, 1.165) is 99.5 Å². The molecule has 37 nitrogen and oxygen atoms in total. The van der Waals surface area contributed by atoms with Crippen molar-refractivity contribution in [2.75, 3.05) is 32.2 Å². The molecule has 6 aromatic carbocycles. The molecule has 11 aliphatic rings. The number of carbonyl (C=O) groups is 9. The number of nitrogens with one attached hydrogen (secondary N) is 10. The summed E-state index contributed by atoms with van der Waals surface area (Å²) in [6.07, 6.45) is -11.9. The van der Waals surface area contributed by atoms with E-state index < -0.39 is 232 Å². The zero-order valence-electron chi connectivity index (χ0n) is 72.4. The summed E-state index contributed by atoms with van der Waals surface area (Å²) in [4.78, 5) is 140. The normalized spacial score (nSPS) is 29.6. The summed E-state index contributed by atoms with van der Waals surface area (Å²) < 4.78 is 51.2. The first-order valence-corrected chi connectivity index (χ1v) is 44.5. The first-order chi connectivity index (χ1) is 62.0. The van der Waals surface area contributed by atoms with Crippen molar-refractivity contribution in [1.82, 2.24) is 47.9 Å². The van der Waals surface area contributed by atoms with E-state index in [1.165, 1.54) is 51.2 Å². The second kappa shape index (κ2) is 40.4. The zero-order chi connectivity index (χ0) is 93.2. The van der Waals surface area contributed by atoms with Gasteiger partial charge in [0, 0.05) is 41.3 Å². The lowest BCUT2D eigenvalue weighted by molar-refractivity contribution is -0.333. The van der Waals surface area contributed by atoms with E-state index in [1.807, 2.05) is 27.7 Å². The van der Waals surface area contributed by atoms with Gasteiger partial charge in [-0.2, -0.15) is 0 Å². The van der Waals surface area contributed by atoms with E-state index in [2.05, 4.69) is 53.2 Å². The predicted molar refractivity (Wildman–Crippen MR) is 466 cm³/mol. The molecule has 2 saturated heterocycles. The summed E-state index contributed by atoms with van der Waals surface area (Å²) in [5.74, 6) is -13.5. The Kier molecular flexibility index (Phi) is 29.6. The van der Waals surface area contributed by atoms with Gasteiger partial charge in [0.2, 0.25) is 59.3 Å². The number of urea groups is 1. The molecular formula is C91H111Cl2N11O26. The average molecular weight is 1850 g/mol. The number of anilines is 1. The Labute approximate surface area is 758 Å². The van der Waals surface area contributed by atoms with Gasteiger partial charge in [-0.25, -0.2) is 4.79 Å². The molecule has 130 heavy (non-hydrogen) atoms. The number of rotatable bonds is 23. The lowest BCUT2D eigenvalue weighted by Crippen LogP contribution is -2.64. The van der Waals surface area contributed by atoms with Crippen LogP contribution < -0.4 is 82.6 Å². The van der Waals surface area contributed by atoms with Gasteiger partial charge in [0.1, 0.15) is 107 Å².